The van der Waals surface area contributed by atoms with E-state index in [2.05, 4.69) is 29.6 Å². The number of rotatable bonds is 6. The fraction of sp³-hybridized carbons (Fsp3) is 0.294. The van der Waals surface area contributed by atoms with E-state index in [0.717, 1.165) is 24.8 Å². The molecular weight excluding hydrogens is 289 g/mol. The van der Waals surface area contributed by atoms with Crippen molar-refractivity contribution in [2.75, 3.05) is 7.05 Å². The Kier molecular flexibility index (Phi) is 5.90. The number of nitrogens with one attached hydrogen (secondary N) is 1. The zero-order chi connectivity index (χ0) is 14.4. The van der Waals surface area contributed by atoms with E-state index in [9.17, 15) is 0 Å². The Hall–Kier alpha value is -1.02. The Morgan fingerprint density at radius 2 is 1.75 bits per heavy atom. The lowest BCUT2D eigenvalue weighted by molar-refractivity contribution is 0.527. The Bertz CT molecular complexity index is 540. The van der Waals surface area contributed by atoms with Crippen molar-refractivity contribution < 1.29 is 0 Å². The number of benzene rings is 2. The Morgan fingerprint density at radius 3 is 2.45 bits per heavy atom. The maximum Gasteiger partial charge on any atom is 0.0640 e. The van der Waals surface area contributed by atoms with Crippen molar-refractivity contribution in [3.63, 3.8) is 0 Å². The van der Waals surface area contributed by atoms with Gasteiger partial charge >= 0.3 is 0 Å². The Balaban J connectivity index is 1.97. The first-order chi connectivity index (χ1) is 9.72. The van der Waals surface area contributed by atoms with Gasteiger partial charge in [-0.25, -0.2) is 0 Å². The lowest BCUT2D eigenvalue weighted by Crippen LogP contribution is -2.17. The minimum absolute atomic E-state index is 0.241. The van der Waals surface area contributed by atoms with Crippen LogP contribution in [0.5, 0.6) is 0 Å². The first kappa shape index (κ1) is 15.4. The maximum atomic E-state index is 6.29. The molecule has 1 atom stereocenters. The van der Waals surface area contributed by atoms with Crippen molar-refractivity contribution in [3.05, 3.63) is 69.7 Å². The van der Waals surface area contributed by atoms with Crippen LogP contribution in [0.15, 0.2) is 48.5 Å². The lowest BCUT2D eigenvalue weighted by atomic mass is 9.99. The number of halogens is 2. The molecule has 106 valence electrons. The van der Waals surface area contributed by atoms with Crippen LogP contribution >= 0.6 is 23.2 Å². The van der Waals surface area contributed by atoms with Gasteiger partial charge in [-0.15, -0.1) is 0 Å². The highest BCUT2D eigenvalue weighted by Gasteiger charge is 2.14. The van der Waals surface area contributed by atoms with E-state index in [-0.39, 0.29) is 6.04 Å². The van der Waals surface area contributed by atoms with E-state index in [1.165, 1.54) is 5.56 Å². The average Bonchev–Trinajstić information content (AvgIpc) is 2.48. The van der Waals surface area contributed by atoms with Gasteiger partial charge in [0.2, 0.25) is 0 Å². The van der Waals surface area contributed by atoms with Crippen molar-refractivity contribution in [2.45, 2.75) is 25.3 Å². The highest BCUT2D eigenvalue weighted by atomic mass is 35.5. The van der Waals surface area contributed by atoms with Gasteiger partial charge in [0.1, 0.15) is 0 Å². The van der Waals surface area contributed by atoms with Crippen LogP contribution in [0, 0.1) is 0 Å². The van der Waals surface area contributed by atoms with Gasteiger partial charge in [0, 0.05) is 6.04 Å². The highest BCUT2D eigenvalue weighted by Crippen LogP contribution is 2.31. The van der Waals surface area contributed by atoms with Crippen molar-refractivity contribution in [1.29, 1.82) is 0 Å². The van der Waals surface area contributed by atoms with Gasteiger partial charge in [0.15, 0.2) is 0 Å². The molecule has 0 aliphatic rings. The first-order valence-electron chi connectivity index (χ1n) is 6.87. The molecule has 0 saturated carbocycles. The summed E-state index contributed by atoms with van der Waals surface area (Å²) in [5.74, 6) is 0. The Labute approximate surface area is 130 Å². The molecule has 1 unspecified atom stereocenters. The van der Waals surface area contributed by atoms with E-state index in [4.69, 9.17) is 23.2 Å². The second kappa shape index (κ2) is 7.68. The third-order valence-corrected chi connectivity index (χ3v) is 4.34. The topological polar surface area (TPSA) is 12.0 Å². The van der Waals surface area contributed by atoms with Gasteiger partial charge < -0.3 is 5.32 Å². The second-order valence-electron chi connectivity index (χ2n) is 4.86. The zero-order valence-electron chi connectivity index (χ0n) is 11.6. The fourth-order valence-corrected chi connectivity index (χ4v) is 2.84. The summed E-state index contributed by atoms with van der Waals surface area (Å²) in [6.45, 7) is 0. The van der Waals surface area contributed by atoms with Crippen LogP contribution in [0.25, 0.3) is 0 Å². The van der Waals surface area contributed by atoms with E-state index in [0.29, 0.717) is 10.0 Å². The largest absolute Gasteiger partial charge is 0.313 e. The molecule has 0 aliphatic carbocycles. The third-order valence-electron chi connectivity index (χ3n) is 3.51. The van der Waals surface area contributed by atoms with E-state index in [1.807, 2.05) is 31.3 Å². The van der Waals surface area contributed by atoms with Gasteiger partial charge in [-0.1, -0.05) is 65.7 Å². The van der Waals surface area contributed by atoms with Crippen LogP contribution in [0.4, 0.5) is 0 Å². The summed E-state index contributed by atoms with van der Waals surface area (Å²) in [4.78, 5) is 0. The fourth-order valence-electron chi connectivity index (χ4n) is 2.40. The minimum atomic E-state index is 0.241. The molecular formula is C17H19Cl2N. The van der Waals surface area contributed by atoms with E-state index in [1.54, 1.807) is 0 Å². The summed E-state index contributed by atoms with van der Waals surface area (Å²) in [6.07, 6.45) is 3.22. The number of hydrogen-bond acceptors (Lipinski definition) is 1. The van der Waals surface area contributed by atoms with Crippen LogP contribution < -0.4 is 5.32 Å². The summed E-state index contributed by atoms with van der Waals surface area (Å²) in [7, 11) is 1.96. The zero-order valence-corrected chi connectivity index (χ0v) is 13.1. The second-order valence-corrected chi connectivity index (χ2v) is 5.65. The van der Waals surface area contributed by atoms with Gasteiger partial charge in [-0.05, 0) is 43.5 Å². The van der Waals surface area contributed by atoms with Gasteiger partial charge in [-0.2, -0.15) is 0 Å². The van der Waals surface area contributed by atoms with Crippen molar-refractivity contribution in [3.8, 4) is 0 Å². The van der Waals surface area contributed by atoms with Crippen molar-refractivity contribution in [2.24, 2.45) is 0 Å². The first-order valence-corrected chi connectivity index (χ1v) is 7.63. The van der Waals surface area contributed by atoms with Crippen LogP contribution in [-0.4, -0.2) is 7.05 Å². The number of aryl methyl sites for hydroxylation is 1. The van der Waals surface area contributed by atoms with E-state index < -0.39 is 0 Å². The molecule has 0 heterocycles. The standard InChI is InChI=1S/C17H19Cl2N/c1-20-16(14-10-6-11-15(18)17(14)19)12-5-9-13-7-3-2-4-8-13/h2-4,6-8,10-11,16,20H,5,9,12H2,1H3. The molecule has 0 radical (unpaired) electrons. The molecule has 0 saturated heterocycles. The van der Waals surface area contributed by atoms with Crippen LogP contribution in [0.3, 0.4) is 0 Å². The summed E-state index contributed by atoms with van der Waals surface area (Å²) >= 11 is 12.4. The average molecular weight is 308 g/mol. The normalized spacial score (nSPS) is 12.3. The molecule has 2 aromatic carbocycles. The molecule has 0 bridgehead atoms. The monoisotopic (exact) mass is 307 g/mol. The summed E-state index contributed by atoms with van der Waals surface area (Å²) in [6, 6.07) is 16.6. The molecule has 0 spiro atoms. The van der Waals surface area contributed by atoms with Gasteiger partial charge in [0.25, 0.3) is 0 Å². The van der Waals surface area contributed by atoms with E-state index >= 15 is 0 Å². The van der Waals surface area contributed by atoms with Crippen LogP contribution in [0.2, 0.25) is 10.0 Å². The highest BCUT2D eigenvalue weighted by molar-refractivity contribution is 6.42. The van der Waals surface area contributed by atoms with Crippen LogP contribution in [-0.2, 0) is 6.42 Å². The number of hydrogen-bond donors (Lipinski definition) is 1. The SMILES string of the molecule is CNC(CCCc1ccccc1)c1cccc(Cl)c1Cl. The molecule has 20 heavy (non-hydrogen) atoms. The smallest absolute Gasteiger partial charge is 0.0640 e. The predicted octanol–water partition coefficient (Wildman–Crippen LogP) is 5.28. The molecule has 0 aliphatic heterocycles. The molecule has 0 amide bonds. The van der Waals surface area contributed by atoms with Gasteiger partial charge in [-0.3, -0.25) is 0 Å². The molecule has 0 aromatic heterocycles. The summed E-state index contributed by atoms with van der Waals surface area (Å²) < 4.78 is 0. The van der Waals surface area contributed by atoms with Gasteiger partial charge in [0.05, 0.1) is 10.0 Å². The minimum Gasteiger partial charge on any atom is -0.313 e. The molecule has 0 fully saturated rings. The molecule has 2 rings (SSSR count). The maximum absolute atomic E-state index is 6.29. The van der Waals surface area contributed by atoms with Crippen molar-refractivity contribution >= 4 is 23.2 Å². The van der Waals surface area contributed by atoms with Crippen molar-refractivity contribution in [1.82, 2.24) is 5.32 Å². The summed E-state index contributed by atoms with van der Waals surface area (Å²) in [5, 5.41) is 4.61. The molecule has 2 aromatic rings. The predicted molar refractivity (Wildman–Crippen MR) is 87.6 cm³/mol. The molecule has 1 nitrogen and oxygen atoms in total. The molecule has 1 N–H and O–H groups in total. The lowest BCUT2D eigenvalue weighted by Gasteiger charge is -2.18. The molecule has 3 heteroatoms. The summed E-state index contributed by atoms with van der Waals surface area (Å²) in [5.41, 5.74) is 2.45. The van der Waals surface area contributed by atoms with Crippen LogP contribution in [0.1, 0.15) is 30.0 Å². The third kappa shape index (κ3) is 3.99. The quantitative estimate of drug-likeness (QED) is 0.766. The Morgan fingerprint density at radius 1 is 1.00 bits per heavy atom.